The fraction of sp³-hybridized carbons (Fsp3) is 0.409. The molecular formula is C22H25ClFN2O+. The Bertz CT molecular complexity index is 796. The average molecular weight is 388 g/mol. The molecule has 0 aromatic heterocycles. The van der Waals surface area contributed by atoms with E-state index >= 15 is 0 Å². The molecule has 4 atom stereocenters. The fourth-order valence-corrected chi connectivity index (χ4v) is 4.97. The summed E-state index contributed by atoms with van der Waals surface area (Å²) in [4.78, 5) is 14.2. The van der Waals surface area contributed by atoms with Crippen LogP contribution in [0.2, 0.25) is 5.02 Å². The number of carbonyl (C=O) groups is 1. The highest BCUT2D eigenvalue weighted by atomic mass is 35.5. The van der Waals surface area contributed by atoms with Crippen LogP contribution in [0.25, 0.3) is 0 Å². The molecule has 2 heterocycles. The van der Waals surface area contributed by atoms with Gasteiger partial charge in [0.05, 0.1) is 12.1 Å². The zero-order valence-electron chi connectivity index (χ0n) is 15.3. The van der Waals surface area contributed by atoms with Gasteiger partial charge in [0.1, 0.15) is 12.4 Å². The molecule has 0 radical (unpaired) electrons. The molecule has 0 aliphatic carbocycles. The van der Waals surface area contributed by atoms with Crippen molar-refractivity contribution in [2.45, 2.75) is 56.8 Å². The van der Waals surface area contributed by atoms with Crippen LogP contribution >= 0.6 is 11.6 Å². The molecule has 2 aromatic carbocycles. The van der Waals surface area contributed by atoms with E-state index in [1.54, 1.807) is 41.3 Å². The van der Waals surface area contributed by atoms with Crippen LogP contribution < -0.4 is 10.2 Å². The van der Waals surface area contributed by atoms with Crippen molar-refractivity contribution >= 4 is 17.5 Å². The molecule has 142 valence electrons. The number of piperidine rings is 2. The number of rotatable bonds is 4. The van der Waals surface area contributed by atoms with Gasteiger partial charge in [0.25, 0.3) is 5.91 Å². The molecule has 0 saturated carbocycles. The summed E-state index contributed by atoms with van der Waals surface area (Å²) in [7, 11) is 0. The lowest BCUT2D eigenvalue weighted by Crippen LogP contribution is -3.20. The maximum Gasteiger partial charge on any atom is 0.251 e. The smallest absolute Gasteiger partial charge is 0.251 e. The molecule has 2 aliphatic rings. The van der Waals surface area contributed by atoms with Crippen molar-refractivity contribution in [2.75, 3.05) is 0 Å². The highest BCUT2D eigenvalue weighted by Gasteiger charge is 2.42. The van der Waals surface area contributed by atoms with Gasteiger partial charge in [-0.25, -0.2) is 4.39 Å². The third-order valence-corrected chi connectivity index (χ3v) is 6.27. The highest BCUT2D eigenvalue weighted by Crippen LogP contribution is 2.23. The summed E-state index contributed by atoms with van der Waals surface area (Å²) in [6.45, 7) is 0.935. The Morgan fingerprint density at radius 1 is 1.11 bits per heavy atom. The van der Waals surface area contributed by atoms with E-state index < -0.39 is 0 Å². The van der Waals surface area contributed by atoms with Gasteiger partial charge in [-0.3, -0.25) is 4.79 Å². The summed E-state index contributed by atoms with van der Waals surface area (Å²) in [5.74, 6) is -0.223. The normalized spacial score (nSPS) is 27.2. The molecule has 2 unspecified atom stereocenters. The predicted molar refractivity (Wildman–Crippen MR) is 104 cm³/mol. The molecule has 2 saturated heterocycles. The molecular weight excluding hydrogens is 363 g/mol. The van der Waals surface area contributed by atoms with Gasteiger partial charge in [-0.1, -0.05) is 29.8 Å². The minimum atomic E-state index is -0.184. The molecule has 4 rings (SSSR count). The summed E-state index contributed by atoms with van der Waals surface area (Å²) < 4.78 is 13.2. The number of quaternary nitrogens is 1. The van der Waals surface area contributed by atoms with Gasteiger partial charge >= 0.3 is 0 Å². The minimum absolute atomic E-state index is 0.0393. The largest absolute Gasteiger partial charge is 0.349 e. The number of carbonyl (C=O) groups excluding carboxylic acids is 1. The van der Waals surface area contributed by atoms with Gasteiger partial charge in [-0.05, 0) is 49.6 Å². The molecule has 3 nitrogen and oxygen atoms in total. The van der Waals surface area contributed by atoms with Crippen molar-refractivity contribution in [2.24, 2.45) is 0 Å². The van der Waals surface area contributed by atoms with E-state index in [0.29, 0.717) is 22.7 Å². The Hall–Kier alpha value is -1.91. The Morgan fingerprint density at radius 2 is 1.81 bits per heavy atom. The van der Waals surface area contributed by atoms with E-state index in [1.807, 2.05) is 12.1 Å². The Kier molecular flexibility index (Phi) is 5.46. The number of amides is 1. The maximum absolute atomic E-state index is 13.2. The molecule has 2 aliphatic heterocycles. The Labute approximate surface area is 164 Å². The Morgan fingerprint density at radius 3 is 2.48 bits per heavy atom. The number of fused-ring (bicyclic) bond motifs is 2. The van der Waals surface area contributed by atoms with E-state index in [9.17, 15) is 9.18 Å². The summed E-state index contributed by atoms with van der Waals surface area (Å²) >= 11 is 6.01. The lowest BCUT2D eigenvalue weighted by atomic mass is 9.81. The van der Waals surface area contributed by atoms with Gasteiger partial charge in [0.15, 0.2) is 0 Å². The summed E-state index contributed by atoms with van der Waals surface area (Å²) in [5, 5.41) is 3.80. The van der Waals surface area contributed by atoms with Gasteiger partial charge < -0.3 is 10.2 Å². The first-order chi connectivity index (χ1) is 13.1. The van der Waals surface area contributed by atoms with Gasteiger partial charge in [-0.15, -0.1) is 0 Å². The quantitative estimate of drug-likeness (QED) is 0.828. The maximum atomic E-state index is 13.2. The molecule has 27 heavy (non-hydrogen) atoms. The van der Waals surface area contributed by atoms with E-state index in [0.717, 1.165) is 19.4 Å². The summed E-state index contributed by atoms with van der Waals surface area (Å²) in [6.07, 6.45) is 5.64. The fourth-order valence-electron chi connectivity index (χ4n) is 4.78. The van der Waals surface area contributed by atoms with Crippen molar-refractivity contribution in [3.05, 3.63) is 70.5 Å². The lowest BCUT2D eigenvalue weighted by Gasteiger charge is -2.46. The third kappa shape index (κ3) is 4.33. The first-order valence-corrected chi connectivity index (χ1v) is 10.1. The molecule has 0 spiro atoms. The monoisotopic (exact) mass is 387 g/mol. The Balaban J connectivity index is 1.41. The first kappa shape index (κ1) is 18.5. The number of hydrogen-bond acceptors (Lipinski definition) is 1. The van der Waals surface area contributed by atoms with Crippen LogP contribution in [0.4, 0.5) is 4.39 Å². The zero-order valence-corrected chi connectivity index (χ0v) is 16.0. The second-order valence-electron chi connectivity index (χ2n) is 7.86. The third-order valence-electron chi connectivity index (χ3n) is 6.04. The molecule has 2 N–H and O–H groups in total. The summed E-state index contributed by atoms with van der Waals surface area (Å²) in [5.41, 5.74) is 1.80. The minimum Gasteiger partial charge on any atom is -0.349 e. The van der Waals surface area contributed by atoms with Gasteiger partial charge in [0, 0.05) is 35.0 Å². The zero-order chi connectivity index (χ0) is 18.8. The van der Waals surface area contributed by atoms with Gasteiger partial charge in [0.2, 0.25) is 0 Å². The van der Waals surface area contributed by atoms with Crippen LogP contribution in [0.1, 0.15) is 48.0 Å². The number of benzene rings is 2. The van der Waals surface area contributed by atoms with Crippen LogP contribution in [0.3, 0.4) is 0 Å². The first-order valence-electron chi connectivity index (χ1n) is 9.75. The van der Waals surface area contributed by atoms with E-state index in [1.165, 1.54) is 24.8 Å². The molecule has 2 fully saturated rings. The van der Waals surface area contributed by atoms with Crippen molar-refractivity contribution < 1.29 is 14.1 Å². The van der Waals surface area contributed by atoms with Crippen LogP contribution in [-0.2, 0) is 6.54 Å². The molecule has 5 heteroatoms. The number of hydrogen-bond donors (Lipinski definition) is 2. The molecule has 1 amide bonds. The molecule has 2 bridgehead atoms. The van der Waals surface area contributed by atoms with Gasteiger partial charge in [-0.2, -0.15) is 0 Å². The van der Waals surface area contributed by atoms with Crippen molar-refractivity contribution in [3.8, 4) is 0 Å². The van der Waals surface area contributed by atoms with Crippen molar-refractivity contribution in [1.29, 1.82) is 0 Å². The lowest BCUT2D eigenvalue weighted by molar-refractivity contribution is -0.973. The second kappa shape index (κ2) is 7.99. The SMILES string of the molecule is O=C(NC1C[C@H]2CCC[C@@H](C1)[NH+]2Cc1ccc(F)cc1)c1cccc(Cl)c1. The standard InChI is InChI=1S/C22H24ClFN2O/c23-17-4-1-3-16(11-17)22(27)25-19-12-20-5-2-6-21(13-19)26(20)14-15-7-9-18(24)10-8-15/h1,3-4,7-11,19-21H,2,5-6,12-14H2,(H,25,27)/p+1/t19?,20-,21+. The van der Waals surface area contributed by atoms with E-state index in [2.05, 4.69) is 5.32 Å². The van der Waals surface area contributed by atoms with Crippen LogP contribution in [0.15, 0.2) is 48.5 Å². The van der Waals surface area contributed by atoms with Crippen LogP contribution in [0.5, 0.6) is 0 Å². The number of nitrogens with one attached hydrogen (secondary N) is 2. The van der Waals surface area contributed by atoms with E-state index in [-0.39, 0.29) is 17.8 Å². The van der Waals surface area contributed by atoms with Crippen molar-refractivity contribution in [1.82, 2.24) is 5.32 Å². The van der Waals surface area contributed by atoms with Crippen LogP contribution in [-0.4, -0.2) is 24.0 Å². The highest BCUT2D eigenvalue weighted by molar-refractivity contribution is 6.30. The van der Waals surface area contributed by atoms with Crippen LogP contribution in [0, 0.1) is 5.82 Å². The van der Waals surface area contributed by atoms with Crippen molar-refractivity contribution in [3.63, 3.8) is 0 Å². The predicted octanol–water partition coefficient (Wildman–Crippen LogP) is 3.38. The summed E-state index contributed by atoms with van der Waals surface area (Å²) in [6, 6.07) is 15.3. The average Bonchev–Trinajstić information content (AvgIpc) is 2.64. The topological polar surface area (TPSA) is 33.5 Å². The number of halogens is 2. The second-order valence-corrected chi connectivity index (χ2v) is 8.29. The molecule has 2 aromatic rings. The van der Waals surface area contributed by atoms with E-state index in [4.69, 9.17) is 11.6 Å².